The molecule has 1 saturated carbocycles. The Bertz CT molecular complexity index is 822. The van der Waals surface area contributed by atoms with Crippen LogP contribution in [0.15, 0.2) is 12.1 Å². The third-order valence-corrected chi connectivity index (χ3v) is 5.40. The van der Waals surface area contributed by atoms with E-state index in [2.05, 4.69) is 10.2 Å². The molecule has 1 aliphatic carbocycles. The second-order valence-corrected chi connectivity index (χ2v) is 9.55. The normalized spacial score (nSPS) is 19.7. The summed E-state index contributed by atoms with van der Waals surface area (Å²) in [6.45, 7) is 7.63. The number of alkyl halides is 3. The summed E-state index contributed by atoms with van der Waals surface area (Å²) >= 11 is 0. The lowest BCUT2D eigenvalue weighted by Gasteiger charge is -2.28. The minimum Gasteiger partial charge on any atom is -0.490 e. The molecule has 10 heteroatoms. The first-order valence-electron chi connectivity index (χ1n) is 10.9. The van der Waals surface area contributed by atoms with Crippen molar-refractivity contribution in [3.8, 4) is 5.75 Å². The molecule has 0 aromatic heterocycles. The molecule has 1 aliphatic heterocycles. The molecule has 7 nitrogen and oxygen atoms in total. The van der Waals surface area contributed by atoms with Gasteiger partial charge in [0.05, 0.1) is 17.5 Å². The second kappa shape index (κ2) is 9.25. The lowest BCUT2D eigenvalue weighted by molar-refractivity contribution is -0.138. The molecule has 1 saturated heterocycles. The Balaban J connectivity index is 1.61. The number of ether oxygens (including phenoxy) is 2. The molecular formula is C22H33F3N4O3. The maximum atomic E-state index is 13.9. The average Bonchev–Trinajstić information content (AvgIpc) is 3.35. The zero-order valence-corrected chi connectivity index (χ0v) is 19.1. The number of nitrogens with one attached hydrogen (secondary N) is 1. The van der Waals surface area contributed by atoms with E-state index in [4.69, 9.17) is 15.2 Å². The van der Waals surface area contributed by atoms with Crippen molar-refractivity contribution in [2.45, 2.75) is 64.0 Å². The number of rotatable bonds is 7. The molecule has 3 N–H and O–H groups in total. The Morgan fingerprint density at radius 1 is 1.25 bits per heavy atom. The van der Waals surface area contributed by atoms with E-state index in [1.165, 1.54) is 17.0 Å². The first-order chi connectivity index (χ1) is 14.8. The van der Waals surface area contributed by atoms with Gasteiger partial charge in [-0.1, -0.05) is 0 Å². The van der Waals surface area contributed by atoms with Gasteiger partial charge in [0, 0.05) is 39.3 Å². The molecule has 1 aromatic carbocycles. The fourth-order valence-corrected chi connectivity index (χ4v) is 3.77. The molecule has 2 aliphatic rings. The van der Waals surface area contributed by atoms with Crippen LogP contribution < -0.4 is 20.7 Å². The van der Waals surface area contributed by atoms with Crippen molar-refractivity contribution in [3.63, 3.8) is 0 Å². The molecule has 0 bridgehead atoms. The highest BCUT2D eigenvalue weighted by atomic mass is 19.4. The fourth-order valence-electron chi connectivity index (χ4n) is 3.77. The number of hydrogen-bond donors (Lipinski definition) is 2. The van der Waals surface area contributed by atoms with Crippen LogP contribution in [0.25, 0.3) is 0 Å². The maximum absolute atomic E-state index is 13.9. The number of benzene rings is 1. The Hall–Kier alpha value is -2.36. The number of hydrogen-bond acceptors (Lipinski definition) is 6. The van der Waals surface area contributed by atoms with Crippen molar-refractivity contribution in [2.75, 3.05) is 43.9 Å². The Kier molecular flexibility index (Phi) is 7.02. The highest BCUT2D eigenvalue weighted by Crippen LogP contribution is 2.46. The minimum absolute atomic E-state index is 0.0544. The third kappa shape index (κ3) is 6.57. The van der Waals surface area contributed by atoms with Gasteiger partial charge in [-0.05, 0) is 52.2 Å². The molecular weight excluding hydrogens is 425 g/mol. The van der Waals surface area contributed by atoms with Crippen molar-refractivity contribution in [1.82, 2.24) is 10.2 Å². The Morgan fingerprint density at radius 2 is 1.94 bits per heavy atom. The summed E-state index contributed by atoms with van der Waals surface area (Å²) in [6, 6.07) is 2.72. The smallest absolute Gasteiger partial charge is 0.422 e. The molecule has 1 heterocycles. The summed E-state index contributed by atoms with van der Waals surface area (Å²) in [7, 11) is 1.61. The van der Waals surface area contributed by atoms with E-state index in [0.29, 0.717) is 19.6 Å². The standard InChI is InChI=1S/C22H33F3N4O3/c1-21(2,3)32-20(30)27-14-9-10-29(13-14)12-11-28(4)19-16(26)7-8-17(31-15-5-6-15)18(19)22(23,24)25/h7-8,14-15H,5-6,9-13,26H2,1-4H3,(H,27,30)/t14-/m1/s1. The molecule has 1 atom stereocenters. The molecule has 32 heavy (non-hydrogen) atoms. The van der Waals surface area contributed by atoms with Crippen molar-refractivity contribution < 1.29 is 27.4 Å². The van der Waals surface area contributed by atoms with Crippen molar-refractivity contribution in [2.24, 2.45) is 0 Å². The van der Waals surface area contributed by atoms with Gasteiger partial charge in [0.15, 0.2) is 0 Å². The summed E-state index contributed by atoms with van der Waals surface area (Å²) in [6.07, 6.45) is -2.92. The van der Waals surface area contributed by atoms with E-state index >= 15 is 0 Å². The third-order valence-electron chi connectivity index (χ3n) is 5.40. The Labute approximate surface area is 187 Å². The number of nitrogens with two attached hydrogens (primary N) is 1. The number of nitrogen functional groups attached to an aromatic ring is 1. The lowest BCUT2D eigenvalue weighted by atomic mass is 10.1. The van der Waals surface area contributed by atoms with Crippen molar-refractivity contribution in [1.29, 1.82) is 0 Å². The van der Waals surface area contributed by atoms with Gasteiger partial charge in [-0.25, -0.2) is 4.79 Å². The molecule has 180 valence electrons. The molecule has 1 aromatic rings. The van der Waals surface area contributed by atoms with Crippen LogP contribution in [0, 0.1) is 0 Å². The molecule has 0 spiro atoms. The minimum atomic E-state index is -4.58. The Morgan fingerprint density at radius 3 is 2.53 bits per heavy atom. The van der Waals surface area contributed by atoms with Gasteiger partial charge in [0.2, 0.25) is 0 Å². The number of carbonyl (C=O) groups excluding carboxylic acids is 1. The van der Waals surface area contributed by atoms with E-state index in [1.807, 2.05) is 0 Å². The summed E-state index contributed by atoms with van der Waals surface area (Å²) in [4.78, 5) is 15.6. The summed E-state index contributed by atoms with van der Waals surface area (Å²) in [5.74, 6) is -0.168. The quantitative estimate of drug-likeness (QED) is 0.604. The number of likely N-dealkylation sites (N-methyl/N-ethyl adjacent to an activating group) is 1. The van der Waals surface area contributed by atoms with Gasteiger partial charge in [0.25, 0.3) is 0 Å². The van der Waals surface area contributed by atoms with E-state index in [1.54, 1.807) is 27.8 Å². The topological polar surface area (TPSA) is 80.1 Å². The number of anilines is 2. The number of amides is 1. The largest absolute Gasteiger partial charge is 0.490 e. The molecule has 1 amide bonds. The van der Waals surface area contributed by atoms with E-state index < -0.39 is 23.4 Å². The van der Waals surface area contributed by atoms with Crippen molar-refractivity contribution in [3.05, 3.63) is 17.7 Å². The van der Waals surface area contributed by atoms with Gasteiger partial charge in [-0.3, -0.25) is 4.90 Å². The number of alkyl carbamates (subject to hydrolysis) is 1. The van der Waals surface area contributed by atoms with E-state index in [-0.39, 0.29) is 29.3 Å². The van der Waals surface area contributed by atoms with Gasteiger partial charge >= 0.3 is 12.3 Å². The number of halogens is 3. The maximum Gasteiger partial charge on any atom is 0.422 e. The summed E-state index contributed by atoms with van der Waals surface area (Å²) < 4.78 is 52.6. The van der Waals surface area contributed by atoms with Crippen LogP contribution in [-0.4, -0.2) is 62.0 Å². The molecule has 0 unspecified atom stereocenters. The van der Waals surface area contributed by atoms with Gasteiger partial charge in [0.1, 0.15) is 16.9 Å². The molecule has 3 rings (SSSR count). The van der Waals surface area contributed by atoms with E-state index in [0.717, 1.165) is 25.8 Å². The number of nitrogens with zero attached hydrogens (tertiary/aromatic N) is 2. The summed E-state index contributed by atoms with van der Waals surface area (Å²) in [5, 5.41) is 2.85. The highest BCUT2D eigenvalue weighted by molar-refractivity contribution is 5.75. The van der Waals surface area contributed by atoms with Crippen LogP contribution in [0.5, 0.6) is 5.75 Å². The predicted molar refractivity (Wildman–Crippen MR) is 117 cm³/mol. The van der Waals surface area contributed by atoms with Crippen LogP contribution in [0.4, 0.5) is 29.3 Å². The highest BCUT2D eigenvalue weighted by Gasteiger charge is 2.41. The van der Waals surface area contributed by atoms with Gasteiger partial charge < -0.3 is 25.4 Å². The first-order valence-corrected chi connectivity index (χ1v) is 10.9. The van der Waals surface area contributed by atoms with Crippen LogP contribution in [-0.2, 0) is 10.9 Å². The average molecular weight is 459 g/mol. The monoisotopic (exact) mass is 458 g/mol. The predicted octanol–water partition coefficient (Wildman–Crippen LogP) is 3.86. The molecule has 0 radical (unpaired) electrons. The molecule has 2 fully saturated rings. The van der Waals surface area contributed by atoms with Crippen LogP contribution in [0.3, 0.4) is 0 Å². The van der Waals surface area contributed by atoms with Crippen molar-refractivity contribution >= 4 is 17.5 Å². The van der Waals surface area contributed by atoms with E-state index in [9.17, 15) is 18.0 Å². The number of carbonyl (C=O) groups is 1. The van der Waals surface area contributed by atoms with Gasteiger partial charge in [-0.15, -0.1) is 0 Å². The van der Waals surface area contributed by atoms with Crippen LogP contribution >= 0.6 is 0 Å². The van der Waals surface area contributed by atoms with Crippen LogP contribution in [0.2, 0.25) is 0 Å². The lowest BCUT2D eigenvalue weighted by Crippen LogP contribution is -2.41. The summed E-state index contributed by atoms with van der Waals surface area (Å²) in [5.41, 5.74) is 4.59. The number of likely N-dealkylation sites (tertiary alicyclic amines) is 1. The zero-order chi connectivity index (χ0) is 23.7. The van der Waals surface area contributed by atoms with Crippen LogP contribution in [0.1, 0.15) is 45.6 Å². The first kappa shape index (κ1) is 24.3. The SMILES string of the molecule is CN(CCN1CC[C@@H](NC(=O)OC(C)(C)C)C1)c1c(N)ccc(OC2CC2)c1C(F)(F)F. The fraction of sp³-hybridized carbons (Fsp3) is 0.682. The zero-order valence-electron chi connectivity index (χ0n) is 19.1. The second-order valence-electron chi connectivity index (χ2n) is 9.55. The van der Waals surface area contributed by atoms with Gasteiger partial charge in [-0.2, -0.15) is 13.2 Å².